The van der Waals surface area contributed by atoms with Gasteiger partial charge in [-0.25, -0.2) is 0 Å². The van der Waals surface area contributed by atoms with Gasteiger partial charge in [-0.2, -0.15) is 0 Å². The summed E-state index contributed by atoms with van der Waals surface area (Å²) in [5.41, 5.74) is 15.5. The topological polar surface area (TPSA) is 61.3 Å². The lowest BCUT2D eigenvalue weighted by Gasteiger charge is -2.29. The lowest BCUT2D eigenvalue weighted by atomic mass is 9.76. The Morgan fingerprint density at radius 1 is 1.17 bits per heavy atom. The van der Waals surface area contributed by atoms with E-state index in [1.807, 2.05) is 36.4 Å². The molecular weight excluding hydrogens is 320 g/mol. The highest BCUT2D eigenvalue weighted by Crippen LogP contribution is 2.37. The molecule has 0 spiro atoms. The second kappa shape index (κ2) is 7.63. The first-order chi connectivity index (χ1) is 11.4. The average molecular weight is 345 g/mol. The van der Waals surface area contributed by atoms with E-state index >= 15 is 0 Å². The summed E-state index contributed by atoms with van der Waals surface area (Å²) < 4.78 is 5.39. The highest BCUT2D eigenvalue weighted by atomic mass is 35.5. The number of hydrogen-bond donors (Lipinski definition) is 2. The van der Waals surface area contributed by atoms with Crippen molar-refractivity contribution in [1.29, 1.82) is 0 Å². The number of nitrogen functional groups attached to an aromatic ring is 2. The van der Waals surface area contributed by atoms with E-state index in [1.54, 1.807) is 7.11 Å². The van der Waals surface area contributed by atoms with Crippen molar-refractivity contribution in [2.24, 2.45) is 0 Å². The zero-order valence-corrected chi connectivity index (χ0v) is 15.2. The molecule has 1 atom stereocenters. The van der Waals surface area contributed by atoms with E-state index in [0.29, 0.717) is 10.7 Å². The highest BCUT2D eigenvalue weighted by Gasteiger charge is 2.25. The van der Waals surface area contributed by atoms with Gasteiger partial charge in [-0.1, -0.05) is 37.6 Å². The molecule has 4 heteroatoms. The number of nitrogens with two attached hydrogens (primary N) is 2. The first-order valence-electron chi connectivity index (χ1n) is 8.05. The Morgan fingerprint density at radius 2 is 1.92 bits per heavy atom. The molecule has 4 N–H and O–H groups in total. The average Bonchev–Trinajstić information content (AvgIpc) is 2.58. The van der Waals surface area contributed by atoms with E-state index in [4.69, 9.17) is 27.8 Å². The second-order valence-corrected chi connectivity index (χ2v) is 6.69. The van der Waals surface area contributed by atoms with Crippen molar-refractivity contribution >= 4 is 29.1 Å². The van der Waals surface area contributed by atoms with Crippen LogP contribution in [-0.4, -0.2) is 7.11 Å². The van der Waals surface area contributed by atoms with E-state index < -0.39 is 0 Å². The molecule has 0 aliphatic heterocycles. The lowest BCUT2D eigenvalue weighted by Crippen LogP contribution is -2.21. The summed E-state index contributed by atoms with van der Waals surface area (Å²) in [6.07, 6.45) is 6.02. The van der Waals surface area contributed by atoms with Crippen molar-refractivity contribution in [3.8, 4) is 5.75 Å². The minimum atomic E-state index is -0.0769. The second-order valence-electron chi connectivity index (χ2n) is 6.25. The smallest absolute Gasteiger partial charge is 0.128 e. The molecule has 0 amide bonds. The van der Waals surface area contributed by atoms with E-state index in [9.17, 15) is 0 Å². The molecule has 0 aromatic heterocycles. The number of halogens is 1. The van der Waals surface area contributed by atoms with Gasteiger partial charge in [-0.05, 0) is 54.2 Å². The fourth-order valence-corrected chi connectivity index (χ4v) is 2.98. The van der Waals surface area contributed by atoms with Crippen LogP contribution in [0.25, 0.3) is 6.08 Å². The van der Waals surface area contributed by atoms with Crippen LogP contribution in [0.1, 0.15) is 37.8 Å². The van der Waals surface area contributed by atoms with Crippen LogP contribution in [0.4, 0.5) is 11.4 Å². The molecule has 0 heterocycles. The van der Waals surface area contributed by atoms with Crippen LogP contribution >= 0.6 is 11.6 Å². The monoisotopic (exact) mass is 344 g/mol. The summed E-state index contributed by atoms with van der Waals surface area (Å²) in [6, 6.07) is 11.3. The number of anilines is 2. The number of ether oxygens (including phenoxy) is 1. The zero-order valence-electron chi connectivity index (χ0n) is 14.5. The minimum absolute atomic E-state index is 0.0769. The SMILES string of the molecule is CCC(C)(C/C=C/c1ccc(N)cc1OC)c1cc(Cl)ccc1N. The number of rotatable bonds is 6. The molecule has 0 saturated heterocycles. The fourth-order valence-electron chi connectivity index (χ4n) is 2.81. The van der Waals surface area contributed by atoms with Crippen LogP contribution in [0.2, 0.25) is 5.02 Å². The molecule has 0 saturated carbocycles. The Bertz CT molecular complexity index is 742. The maximum atomic E-state index is 6.18. The molecule has 0 aliphatic rings. The maximum Gasteiger partial charge on any atom is 0.128 e. The zero-order chi connectivity index (χ0) is 17.7. The molecular formula is C20H25ClN2O. The Morgan fingerprint density at radius 3 is 2.58 bits per heavy atom. The summed E-state index contributed by atoms with van der Waals surface area (Å²) in [5, 5.41) is 0.711. The van der Waals surface area contributed by atoms with Crippen molar-refractivity contribution < 1.29 is 4.74 Å². The third-order valence-electron chi connectivity index (χ3n) is 4.57. The summed E-state index contributed by atoms with van der Waals surface area (Å²) in [6.45, 7) is 4.37. The molecule has 3 nitrogen and oxygen atoms in total. The van der Waals surface area contributed by atoms with Gasteiger partial charge in [0.2, 0.25) is 0 Å². The van der Waals surface area contributed by atoms with Gasteiger partial charge in [0.25, 0.3) is 0 Å². The van der Waals surface area contributed by atoms with E-state index in [1.165, 1.54) is 0 Å². The van der Waals surface area contributed by atoms with Crippen LogP contribution < -0.4 is 16.2 Å². The molecule has 0 bridgehead atoms. The van der Waals surface area contributed by atoms with Crippen molar-refractivity contribution in [3.05, 3.63) is 58.6 Å². The third-order valence-corrected chi connectivity index (χ3v) is 4.80. The molecule has 1 unspecified atom stereocenters. The number of benzene rings is 2. The Hall–Kier alpha value is -2.13. The van der Waals surface area contributed by atoms with E-state index in [-0.39, 0.29) is 5.41 Å². The first kappa shape index (κ1) is 18.2. The number of methoxy groups -OCH3 is 1. The van der Waals surface area contributed by atoms with Crippen LogP contribution in [0.3, 0.4) is 0 Å². The van der Waals surface area contributed by atoms with Gasteiger partial charge in [-0.15, -0.1) is 0 Å². The van der Waals surface area contributed by atoms with Crippen molar-refractivity contribution in [2.75, 3.05) is 18.6 Å². The number of hydrogen-bond acceptors (Lipinski definition) is 3. The van der Waals surface area contributed by atoms with Crippen LogP contribution in [0, 0.1) is 0 Å². The minimum Gasteiger partial charge on any atom is -0.496 e. The Balaban J connectivity index is 2.26. The molecule has 2 aromatic rings. The third kappa shape index (κ3) is 4.04. The standard InChI is InChI=1S/C20H25ClN2O/c1-4-20(2,17-12-15(21)8-10-18(17)23)11-5-6-14-7-9-16(22)13-19(14)24-3/h5-10,12-13H,4,11,22-23H2,1-3H3/b6-5+. The first-order valence-corrected chi connectivity index (χ1v) is 8.43. The molecule has 24 heavy (non-hydrogen) atoms. The normalized spacial score (nSPS) is 13.8. The summed E-state index contributed by atoms with van der Waals surface area (Å²) in [5.74, 6) is 0.770. The number of allylic oxidation sites excluding steroid dienone is 1. The van der Waals surface area contributed by atoms with Crippen molar-refractivity contribution in [3.63, 3.8) is 0 Å². The quantitative estimate of drug-likeness (QED) is 0.700. The lowest BCUT2D eigenvalue weighted by molar-refractivity contribution is 0.414. The molecule has 0 radical (unpaired) electrons. The van der Waals surface area contributed by atoms with Gasteiger partial charge in [0.1, 0.15) is 5.75 Å². The van der Waals surface area contributed by atoms with Crippen LogP contribution in [0.15, 0.2) is 42.5 Å². The molecule has 128 valence electrons. The highest BCUT2D eigenvalue weighted by molar-refractivity contribution is 6.30. The summed E-state index contributed by atoms with van der Waals surface area (Å²) in [7, 11) is 1.65. The van der Waals surface area contributed by atoms with Crippen molar-refractivity contribution in [2.45, 2.75) is 32.1 Å². The molecule has 2 rings (SSSR count). The predicted molar refractivity (Wildman–Crippen MR) is 105 cm³/mol. The van der Waals surface area contributed by atoms with Crippen LogP contribution in [0.5, 0.6) is 5.75 Å². The predicted octanol–water partition coefficient (Wildman–Crippen LogP) is 5.28. The van der Waals surface area contributed by atoms with E-state index in [0.717, 1.165) is 35.4 Å². The largest absolute Gasteiger partial charge is 0.496 e. The van der Waals surface area contributed by atoms with Gasteiger partial charge < -0.3 is 16.2 Å². The van der Waals surface area contributed by atoms with Crippen molar-refractivity contribution in [1.82, 2.24) is 0 Å². The molecule has 0 fully saturated rings. The summed E-state index contributed by atoms with van der Waals surface area (Å²) in [4.78, 5) is 0. The summed E-state index contributed by atoms with van der Waals surface area (Å²) >= 11 is 6.16. The van der Waals surface area contributed by atoms with Crippen LogP contribution in [-0.2, 0) is 5.41 Å². The van der Waals surface area contributed by atoms with E-state index in [2.05, 4.69) is 26.0 Å². The molecule has 2 aromatic carbocycles. The van der Waals surface area contributed by atoms with Gasteiger partial charge in [0.15, 0.2) is 0 Å². The van der Waals surface area contributed by atoms with Gasteiger partial charge in [0.05, 0.1) is 7.11 Å². The molecule has 0 aliphatic carbocycles. The maximum absolute atomic E-state index is 6.18. The Kier molecular flexibility index (Phi) is 5.79. The van der Waals surface area contributed by atoms with Gasteiger partial charge >= 0.3 is 0 Å². The van der Waals surface area contributed by atoms with Gasteiger partial charge in [-0.3, -0.25) is 0 Å². The fraction of sp³-hybridized carbons (Fsp3) is 0.300. The van der Waals surface area contributed by atoms with Gasteiger partial charge in [0, 0.05) is 28.0 Å². The Labute approximate surface area is 149 Å².